The molecule has 6 heteroatoms. The van der Waals surface area contributed by atoms with Gasteiger partial charge >= 0.3 is 0 Å². The Balaban J connectivity index is 1.66. The standard InChI is InChI=1S/C35H40ClN3OS/c1-7-28-14-15-29(37-28)18-26-19-30(35-38-31(21-41-35)25-11-9-23(5)10-12-25)24(6)39(32(26)17-22(3)4)33-20-27(36)13-16-34(33)40-8-2/h9-13,16-17,19-21,28-29,37H,6-8,14-15,18H2,1-5H3. The van der Waals surface area contributed by atoms with Crippen molar-refractivity contribution in [2.24, 2.45) is 0 Å². The summed E-state index contributed by atoms with van der Waals surface area (Å²) in [5.41, 5.74) is 9.70. The maximum absolute atomic E-state index is 6.60. The van der Waals surface area contributed by atoms with Gasteiger partial charge in [0.05, 0.1) is 18.0 Å². The van der Waals surface area contributed by atoms with E-state index in [2.05, 4.69) is 86.3 Å². The fourth-order valence-electron chi connectivity index (χ4n) is 5.64. The highest BCUT2D eigenvalue weighted by molar-refractivity contribution is 7.11. The van der Waals surface area contributed by atoms with E-state index in [0.717, 1.165) is 57.5 Å². The quantitative estimate of drug-likeness (QED) is 0.271. The van der Waals surface area contributed by atoms with Crippen LogP contribution in [0.15, 0.2) is 89.1 Å². The van der Waals surface area contributed by atoms with Crippen LogP contribution in [0.2, 0.25) is 5.02 Å². The van der Waals surface area contributed by atoms with Crippen LogP contribution in [0.5, 0.6) is 5.75 Å². The highest BCUT2D eigenvalue weighted by atomic mass is 35.5. The normalized spacial score (nSPS) is 19.0. The molecule has 214 valence electrons. The van der Waals surface area contributed by atoms with Gasteiger partial charge in [-0.2, -0.15) is 0 Å². The lowest BCUT2D eigenvalue weighted by Crippen LogP contribution is -2.31. The van der Waals surface area contributed by atoms with Crippen LogP contribution < -0.4 is 15.0 Å². The lowest BCUT2D eigenvalue weighted by atomic mass is 9.93. The van der Waals surface area contributed by atoms with Crippen molar-refractivity contribution < 1.29 is 4.74 Å². The number of nitrogens with one attached hydrogen (secondary N) is 1. The molecule has 0 amide bonds. The number of rotatable bonds is 9. The van der Waals surface area contributed by atoms with Gasteiger partial charge in [0.2, 0.25) is 0 Å². The Morgan fingerprint density at radius 3 is 2.59 bits per heavy atom. The van der Waals surface area contributed by atoms with Crippen LogP contribution in [-0.4, -0.2) is 23.7 Å². The van der Waals surface area contributed by atoms with Crippen molar-refractivity contribution in [2.45, 2.75) is 72.4 Å². The van der Waals surface area contributed by atoms with Gasteiger partial charge < -0.3 is 15.0 Å². The van der Waals surface area contributed by atoms with Gasteiger partial charge in [0.15, 0.2) is 0 Å². The number of hydrogen-bond donors (Lipinski definition) is 1. The van der Waals surface area contributed by atoms with E-state index in [-0.39, 0.29) is 0 Å². The Kier molecular flexibility index (Phi) is 9.18. The van der Waals surface area contributed by atoms with Gasteiger partial charge in [-0.1, -0.05) is 60.5 Å². The summed E-state index contributed by atoms with van der Waals surface area (Å²) in [5.74, 6) is 0.780. The zero-order valence-electron chi connectivity index (χ0n) is 24.8. The largest absolute Gasteiger partial charge is 0.492 e. The van der Waals surface area contributed by atoms with Crippen LogP contribution in [-0.2, 0) is 0 Å². The molecular formula is C35H40ClN3OS. The summed E-state index contributed by atoms with van der Waals surface area (Å²) in [7, 11) is 0. The average Bonchev–Trinajstić information content (AvgIpc) is 3.62. The highest BCUT2D eigenvalue weighted by Gasteiger charge is 2.31. The van der Waals surface area contributed by atoms with Gasteiger partial charge in [-0.25, -0.2) is 4.98 Å². The number of anilines is 1. The SMILES string of the molecule is C=C1C(c2nc(-c3ccc(C)cc3)cs2)=CC(CC2CCC(CC)N2)=C(C=C(C)C)N1c1cc(Cl)ccc1OCC. The zero-order chi connectivity index (χ0) is 29.1. The van der Waals surface area contributed by atoms with E-state index in [1.54, 1.807) is 11.3 Å². The number of ether oxygens (including phenoxy) is 1. The van der Waals surface area contributed by atoms with Crippen molar-refractivity contribution in [1.82, 2.24) is 10.3 Å². The molecule has 2 aliphatic rings. The maximum atomic E-state index is 6.60. The monoisotopic (exact) mass is 585 g/mol. The molecule has 0 bridgehead atoms. The highest BCUT2D eigenvalue weighted by Crippen LogP contribution is 2.45. The second kappa shape index (κ2) is 12.8. The summed E-state index contributed by atoms with van der Waals surface area (Å²) in [4.78, 5) is 7.35. The van der Waals surface area contributed by atoms with Crippen molar-refractivity contribution in [3.05, 3.63) is 105 Å². The van der Waals surface area contributed by atoms with Crippen LogP contribution in [0.3, 0.4) is 0 Å². The van der Waals surface area contributed by atoms with Crippen LogP contribution >= 0.6 is 22.9 Å². The van der Waals surface area contributed by atoms with E-state index in [1.165, 1.54) is 29.6 Å². The van der Waals surface area contributed by atoms with Crippen molar-refractivity contribution in [3.8, 4) is 17.0 Å². The molecule has 1 saturated heterocycles. The number of thiazole rings is 1. The molecule has 0 saturated carbocycles. The van der Waals surface area contributed by atoms with Gasteiger partial charge in [0.25, 0.3) is 0 Å². The zero-order valence-corrected chi connectivity index (χ0v) is 26.3. The third-order valence-electron chi connectivity index (χ3n) is 7.73. The predicted molar refractivity (Wildman–Crippen MR) is 176 cm³/mol. The second-order valence-electron chi connectivity index (χ2n) is 11.2. The number of hydrogen-bond acceptors (Lipinski definition) is 5. The molecule has 2 aliphatic heterocycles. The molecule has 2 aromatic carbocycles. The third kappa shape index (κ3) is 6.53. The first kappa shape index (κ1) is 29.4. The number of aryl methyl sites for hydroxylation is 1. The third-order valence-corrected chi connectivity index (χ3v) is 8.84. The smallest absolute Gasteiger partial charge is 0.143 e. The first-order valence-electron chi connectivity index (χ1n) is 14.6. The Morgan fingerprint density at radius 2 is 1.90 bits per heavy atom. The van der Waals surface area contributed by atoms with Crippen LogP contribution in [0.1, 0.15) is 63.9 Å². The molecule has 41 heavy (non-hydrogen) atoms. The summed E-state index contributed by atoms with van der Waals surface area (Å²) in [6.07, 6.45) is 9.04. The Morgan fingerprint density at radius 1 is 1.15 bits per heavy atom. The van der Waals surface area contributed by atoms with E-state index in [4.69, 9.17) is 21.3 Å². The lowest BCUT2D eigenvalue weighted by molar-refractivity contribution is 0.341. The fraction of sp³-hybridized carbons (Fsp3) is 0.343. The molecule has 2 atom stereocenters. The molecule has 2 unspecified atom stereocenters. The van der Waals surface area contributed by atoms with Gasteiger partial charge in [-0.05, 0) is 89.3 Å². The first-order chi connectivity index (χ1) is 19.8. The fourth-order valence-corrected chi connectivity index (χ4v) is 6.68. The number of benzene rings is 2. The molecule has 0 aliphatic carbocycles. The van der Waals surface area contributed by atoms with Crippen LogP contribution in [0.25, 0.3) is 16.8 Å². The first-order valence-corrected chi connectivity index (χ1v) is 15.8. The van der Waals surface area contributed by atoms with Gasteiger partial charge in [0, 0.05) is 45.0 Å². The predicted octanol–water partition coefficient (Wildman–Crippen LogP) is 9.73. The van der Waals surface area contributed by atoms with E-state index in [9.17, 15) is 0 Å². The molecule has 0 radical (unpaired) electrons. The minimum Gasteiger partial charge on any atom is -0.492 e. The van der Waals surface area contributed by atoms with Crippen molar-refractivity contribution in [3.63, 3.8) is 0 Å². The average molecular weight is 586 g/mol. The Hall–Kier alpha value is -3.12. The lowest BCUT2D eigenvalue weighted by Gasteiger charge is -2.36. The molecule has 1 N–H and O–H groups in total. The minimum atomic E-state index is 0.423. The summed E-state index contributed by atoms with van der Waals surface area (Å²) >= 11 is 8.26. The van der Waals surface area contributed by atoms with Gasteiger partial charge in [-0.15, -0.1) is 11.3 Å². The molecule has 3 heterocycles. The van der Waals surface area contributed by atoms with Crippen molar-refractivity contribution in [1.29, 1.82) is 0 Å². The molecule has 4 nitrogen and oxygen atoms in total. The van der Waals surface area contributed by atoms with Crippen LogP contribution in [0, 0.1) is 6.92 Å². The van der Waals surface area contributed by atoms with E-state index in [1.807, 2.05) is 25.1 Å². The minimum absolute atomic E-state index is 0.423. The summed E-state index contributed by atoms with van der Waals surface area (Å²) < 4.78 is 6.13. The van der Waals surface area contributed by atoms with Gasteiger partial charge in [-0.3, -0.25) is 0 Å². The molecule has 0 spiro atoms. The maximum Gasteiger partial charge on any atom is 0.143 e. The second-order valence-corrected chi connectivity index (χ2v) is 12.5. The number of halogens is 1. The van der Waals surface area contributed by atoms with E-state index in [0.29, 0.717) is 23.7 Å². The molecule has 3 aromatic rings. The van der Waals surface area contributed by atoms with E-state index < -0.39 is 0 Å². The summed E-state index contributed by atoms with van der Waals surface area (Å²) in [6.45, 7) is 15.9. The summed E-state index contributed by atoms with van der Waals surface area (Å²) in [5, 5.41) is 7.62. The van der Waals surface area contributed by atoms with Crippen molar-refractivity contribution in [2.75, 3.05) is 11.5 Å². The number of aromatic nitrogens is 1. The van der Waals surface area contributed by atoms with Crippen molar-refractivity contribution >= 4 is 34.2 Å². The topological polar surface area (TPSA) is 37.4 Å². The molecule has 1 aromatic heterocycles. The van der Waals surface area contributed by atoms with E-state index >= 15 is 0 Å². The number of allylic oxidation sites excluding steroid dienone is 4. The molecule has 5 rings (SSSR count). The molecular weight excluding hydrogens is 546 g/mol. The Labute approximate surface area is 254 Å². The van der Waals surface area contributed by atoms with Crippen LogP contribution in [0.4, 0.5) is 5.69 Å². The molecule has 1 fully saturated rings. The summed E-state index contributed by atoms with van der Waals surface area (Å²) in [6, 6.07) is 15.4. The number of nitrogens with zero attached hydrogens (tertiary/aromatic N) is 2. The Bertz CT molecular complexity index is 1510. The van der Waals surface area contributed by atoms with Gasteiger partial charge in [0.1, 0.15) is 10.8 Å².